The maximum absolute atomic E-state index is 12.4. The summed E-state index contributed by atoms with van der Waals surface area (Å²) in [7, 11) is 3.09. The Bertz CT molecular complexity index is 1020. The van der Waals surface area contributed by atoms with Crippen LogP contribution in [0.3, 0.4) is 0 Å². The first kappa shape index (κ1) is 16.5. The van der Waals surface area contributed by atoms with Crippen LogP contribution in [0.15, 0.2) is 59.4 Å². The summed E-state index contributed by atoms with van der Waals surface area (Å²) >= 11 is 0. The van der Waals surface area contributed by atoms with E-state index in [0.29, 0.717) is 28.1 Å². The quantitative estimate of drug-likeness (QED) is 0.573. The van der Waals surface area contributed by atoms with Gasteiger partial charge < -0.3 is 14.5 Å². The maximum atomic E-state index is 12.4. The molecule has 0 bridgehead atoms. The lowest BCUT2D eigenvalue weighted by molar-refractivity contribution is 0.104. The summed E-state index contributed by atoms with van der Waals surface area (Å²) in [5.41, 5.74) is 1.28. The zero-order valence-corrected chi connectivity index (χ0v) is 13.9. The maximum Gasteiger partial charge on any atom is 0.255 e. The minimum absolute atomic E-state index is 0.234. The van der Waals surface area contributed by atoms with Crippen molar-refractivity contribution in [2.45, 2.75) is 0 Å². The fourth-order valence-corrected chi connectivity index (χ4v) is 2.56. The first-order valence-corrected chi connectivity index (χ1v) is 7.69. The van der Waals surface area contributed by atoms with E-state index in [1.54, 1.807) is 49.6 Å². The number of nitrogens with one attached hydrogen (secondary N) is 1. The number of allylic oxidation sites excluding steroid dienone is 1. The van der Waals surface area contributed by atoms with E-state index in [1.165, 1.54) is 19.3 Å². The van der Waals surface area contributed by atoms with Crippen LogP contribution in [0.5, 0.6) is 11.5 Å². The molecular formula is C20H17NO4. The molecule has 1 aromatic heterocycles. The van der Waals surface area contributed by atoms with Crippen molar-refractivity contribution in [3.63, 3.8) is 0 Å². The fourth-order valence-electron chi connectivity index (χ4n) is 2.56. The van der Waals surface area contributed by atoms with Crippen LogP contribution in [0, 0.1) is 0 Å². The van der Waals surface area contributed by atoms with E-state index in [-0.39, 0.29) is 11.3 Å². The summed E-state index contributed by atoms with van der Waals surface area (Å²) in [6.07, 6.45) is 2.88. The van der Waals surface area contributed by atoms with Crippen LogP contribution in [0.2, 0.25) is 0 Å². The molecule has 0 saturated carbocycles. The summed E-state index contributed by atoms with van der Waals surface area (Å²) in [6, 6.07) is 14.1. The molecule has 0 aliphatic carbocycles. The van der Waals surface area contributed by atoms with Crippen LogP contribution in [-0.2, 0) is 0 Å². The van der Waals surface area contributed by atoms with Gasteiger partial charge in [0, 0.05) is 16.5 Å². The van der Waals surface area contributed by atoms with Crippen molar-refractivity contribution in [3.8, 4) is 11.5 Å². The Morgan fingerprint density at radius 1 is 1.04 bits per heavy atom. The number of rotatable bonds is 5. The molecule has 0 fully saturated rings. The highest BCUT2D eigenvalue weighted by Crippen LogP contribution is 2.20. The Balaban J connectivity index is 1.96. The smallest absolute Gasteiger partial charge is 0.255 e. The molecule has 0 aliphatic rings. The van der Waals surface area contributed by atoms with Crippen molar-refractivity contribution in [3.05, 3.63) is 76.1 Å². The van der Waals surface area contributed by atoms with E-state index in [9.17, 15) is 9.59 Å². The third-order valence-electron chi connectivity index (χ3n) is 3.87. The van der Waals surface area contributed by atoms with Gasteiger partial charge in [-0.2, -0.15) is 0 Å². The third kappa shape index (κ3) is 3.45. The second-order valence-electron chi connectivity index (χ2n) is 5.40. The molecule has 1 N–H and O–H groups in total. The van der Waals surface area contributed by atoms with E-state index >= 15 is 0 Å². The lowest BCUT2D eigenvalue weighted by atomic mass is 10.1. The molecule has 3 rings (SSSR count). The average molecular weight is 335 g/mol. The van der Waals surface area contributed by atoms with Crippen molar-refractivity contribution in [2.75, 3.05) is 14.2 Å². The highest BCUT2D eigenvalue weighted by atomic mass is 16.5. The number of aromatic nitrogens is 1. The highest BCUT2D eigenvalue weighted by molar-refractivity contribution is 6.08. The number of benzene rings is 2. The number of para-hydroxylation sites is 1. The zero-order valence-electron chi connectivity index (χ0n) is 13.9. The number of hydrogen-bond donors (Lipinski definition) is 1. The highest BCUT2D eigenvalue weighted by Gasteiger charge is 2.09. The Hall–Kier alpha value is -3.34. The molecule has 0 aliphatic heterocycles. The molecule has 0 saturated heterocycles. The molecule has 0 atom stereocenters. The molecular weight excluding hydrogens is 318 g/mol. The van der Waals surface area contributed by atoms with Crippen molar-refractivity contribution >= 4 is 22.8 Å². The van der Waals surface area contributed by atoms with Crippen LogP contribution in [0.4, 0.5) is 0 Å². The van der Waals surface area contributed by atoms with Gasteiger partial charge in [0.25, 0.3) is 5.56 Å². The number of pyridine rings is 1. The van der Waals surface area contributed by atoms with E-state index in [1.807, 2.05) is 6.07 Å². The number of aromatic amines is 1. The number of hydrogen-bond acceptors (Lipinski definition) is 4. The van der Waals surface area contributed by atoms with Crippen molar-refractivity contribution in [2.24, 2.45) is 0 Å². The molecule has 5 heteroatoms. The molecule has 3 aromatic rings. The number of ether oxygens (including phenoxy) is 2. The molecule has 2 aromatic carbocycles. The van der Waals surface area contributed by atoms with E-state index in [0.717, 1.165) is 5.39 Å². The lowest BCUT2D eigenvalue weighted by Crippen LogP contribution is -2.09. The molecule has 0 spiro atoms. The molecule has 5 nitrogen and oxygen atoms in total. The summed E-state index contributed by atoms with van der Waals surface area (Å²) in [5, 5.41) is 0.823. The lowest BCUT2D eigenvalue weighted by Gasteiger charge is -2.05. The molecule has 0 radical (unpaired) electrons. The van der Waals surface area contributed by atoms with Crippen molar-refractivity contribution < 1.29 is 14.3 Å². The Kier molecular flexibility index (Phi) is 4.66. The van der Waals surface area contributed by atoms with Gasteiger partial charge in [-0.05, 0) is 48.6 Å². The van der Waals surface area contributed by atoms with Gasteiger partial charge in [0.05, 0.1) is 19.8 Å². The number of ketones is 1. The monoisotopic (exact) mass is 335 g/mol. The minimum Gasteiger partial charge on any atom is -0.497 e. The average Bonchev–Trinajstić information content (AvgIpc) is 2.65. The number of fused-ring (bicyclic) bond motifs is 1. The van der Waals surface area contributed by atoms with Crippen molar-refractivity contribution in [1.29, 1.82) is 0 Å². The molecule has 1 heterocycles. The third-order valence-corrected chi connectivity index (χ3v) is 3.87. The zero-order chi connectivity index (χ0) is 17.8. The van der Waals surface area contributed by atoms with E-state index in [2.05, 4.69) is 4.98 Å². The number of methoxy groups -OCH3 is 2. The second-order valence-corrected chi connectivity index (χ2v) is 5.40. The standard InChI is InChI=1S/C20H17NO4/c1-24-15-8-9-17-14(12-15)11-13(20(23)21-17)7-10-18(22)16-5-3-4-6-19(16)25-2/h3-12H,1-2H3,(H,21,23)/b10-7+. The van der Waals surface area contributed by atoms with Crippen LogP contribution < -0.4 is 15.0 Å². The van der Waals surface area contributed by atoms with Crippen LogP contribution in [0.1, 0.15) is 15.9 Å². The number of carbonyl (C=O) groups is 1. The predicted molar refractivity (Wildman–Crippen MR) is 97.5 cm³/mol. The van der Waals surface area contributed by atoms with Gasteiger partial charge in [-0.1, -0.05) is 12.1 Å². The topological polar surface area (TPSA) is 68.4 Å². The molecule has 0 amide bonds. The normalized spacial score (nSPS) is 11.0. The van der Waals surface area contributed by atoms with Crippen molar-refractivity contribution in [1.82, 2.24) is 4.98 Å². The number of H-pyrrole nitrogens is 1. The second kappa shape index (κ2) is 7.05. The van der Waals surface area contributed by atoms with Gasteiger partial charge in [-0.15, -0.1) is 0 Å². The molecule has 25 heavy (non-hydrogen) atoms. The largest absolute Gasteiger partial charge is 0.497 e. The SMILES string of the molecule is COc1ccc2[nH]c(=O)c(/C=C/C(=O)c3ccccc3OC)cc2c1. The summed E-state index contributed by atoms with van der Waals surface area (Å²) < 4.78 is 10.4. The van der Waals surface area contributed by atoms with E-state index in [4.69, 9.17) is 9.47 Å². The van der Waals surface area contributed by atoms with Gasteiger partial charge in [0.15, 0.2) is 5.78 Å². The Labute approximate surface area is 144 Å². The van der Waals surface area contributed by atoms with Gasteiger partial charge in [-0.25, -0.2) is 0 Å². The molecule has 0 unspecified atom stereocenters. The Morgan fingerprint density at radius 3 is 2.60 bits per heavy atom. The predicted octanol–water partition coefficient (Wildman–Crippen LogP) is 3.44. The fraction of sp³-hybridized carbons (Fsp3) is 0.100. The minimum atomic E-state index is -0.262. The first-order valence-electron chi connectivity index (χ1n) is 7.69. The van der Waals surface area contributed by atoms with Crippen LogP contribution in [-0.4, -0.2) is 25.0 Å². The molecule has 126 valence electrons. The van der Waals surface area contributed by atoms with Gasteiger partial charge in [0.2, 0.25) is 0 Å². The summed E-state index contributed by atoms with van der Waals surface area (Å²) in [4.78, 5) is 27.4. The Morgan fingerprint density at radius 2 is 1.84 bits per heavy atom. The van der Waals surface area contributed by atoms with Gasteiger partial charge in [-0.3, -0.25) is 9.59 Å². The van der Waals surface area contributed by atoms with Gasteiger partial charge >= 0.3 is 0 Å². The summed E-state index contributed by atoms with van der Waals surface area (Å²) in [6.45, 7) is 0. The van der Waals surface area contributed by atoms with Crippen LogP contribution in [0.25, 0.3) is 17.0 Å². The van der Waals surface area contributed by atoms with E-state index < -0.39 is 0 Å². The van der Waals surface area contributed by atoms with Crippen LogP contribution >= 0.6 is 0 Å². The first-order chi connectivity index (χ1) is 12.1. The van der Waals surface area contributed by atoms with Gasteiger partial charge in [0.1, 0.15) is 11.5 Å². The number of carbonyl (C=O) groups excluding carboxylic acids is 1. The summed E-state index contributed by atoms with van der Waals surface area (Å²) in [5.74, 6) is 0.955.